The van der Waals surface area contributed by atoms with E-state index in [9.17, 15) is 4.79 Å². The summed E-state index contributed by atoms with van der Waals surface area (Å²) in [5, 5.41) is 2.69. The second-order valence-corrected chi connectivity index (χ2v) is 8.89. The molecule has 8 heteroatoms. The van der Waals surface area contributed by atoms with Gasteiger partial charge >= 0.3 is 0 Å². The highest BCUT2D eigenvalue weighted by Gasteiger charge is 2.17. The summed E-state index contributed by atoms with van der Waals surface area (Å²) in [6.45, 7) is 2.47. The van der Waals surface area contributed by atoms with Crippen molar-refractivity contribution in [3.8, 4) is 17.1 Å². The molecule has 0 amide bonds. The summed E-state index contributed by atoms with van der Waals surface area (Å²) in [7, 11) is 1.87. The maximum Gasteiger partial charge on any atom is 0.297 e. The SMILES string of the molecule is Cc1c(N=c2scc(-c3ccco3)n2Cc2ccc(Cl)cc2)c(=O)n(-c2ccccc2)n1C. The van der Waals surface area contributed by atoms with Gasteiger partial charge in [-0.1, -0.05) is 41.9 Å². The van der Waals surface area contributed by atoms with Crippen LogP contribution in [0.3, 0.4) is 0 Å². The fraction of sp³-hybridized carbons (Fsp3) is 0.120. The number of benzene rings is 2. The predicted octanol–water partition coefficient (Wildman–Crippen LogP) is 5.54. The Balaban J connectivity index is 1.68. The summed E-state index contributed by atoms with van der Waals surface area (Å²) < 4.78 is 11.2. The first kappa shape index (κ1) is 21.3. The molecular weight excluding hydrogens is 456 g/mol. The molecule has 0 unspecified atom stereocenters. The summed E-state index contributed by atoms with van der Waals surface area (Å²) in [5.74, 6) is 0.744. The highest BCUT2D eigenvalue weighted by atomic mass is 35.5. The maximum atomic E-state index is 13.4. The number of rotatable bonds is 5. The lowest BCUT2D eigenvalue weighted by molar-refractivity contribution is 0.573. The number of nitrogens with zero attached hydrogens (tertiary/aromatic N) is 4. The van der Waals surface area contributed by atoms with Gasteiger partial charge in [0.05, 0.1) is 29.9 Å². The molecule has 6 nitrogen and oxygen atoms in total. The molecule has 0 aliphatic rings. The van der Waals surface area contributed by atoms with Gasteiger partial charge in [0.1, 0.15) is 0 Å². The van der Waals surface area contributed by atoms with E-state index in [2.05, 4.69) is 4.57 Å². The van der Waals surface area contributed by atoms with Gasteiger partial charge in [-0.2, -0.15) is 0 Å². The molecular formula is C25H21ClN4O2S. The van der Waals surface area contributed by atoms with Crippen molar-refractivity contribution in [3.63, 3.8) is 0 Å². The lowest BCUT2D eigenvalue weighted by Gasteiger charge is -2.08. The van der Waals surface area contributed by atoms with Crippen LogP contribution in [0.1, 0.15) is 11.3 Å². The molecule has 0 fully saturated rings. The smallest absolute Gasteiger partial charge is 0.297 e. The number of hydrogen-bond acceptors (Lipinski definition) is 4. The Kier molecular flexibility index (Phi) is 5.66. The molecule has 0 aliphatic carbocycles. The molecule has 5 aromatic rings. The van der Waals surface area contributed by atoms with Crippen LogP contribution in [-0.4, -0.2) is 13.9 Å². The molecule has 0 saturated heterocycles. The first-order chi connectivity index (χ1) is 16.0. The van der Waals surface area contributed by atoms with Crippen molar-refractivity contribution < 1.29 is 4.42 Å². The third kappa shape index (κ3) is 4.01. The van der Waals surface area contributed by atoms with Gasteiger partial charge in [-0.3, -0.25) is 9.48 Å². The lowest BCUT2D eigenvalue weighted by Crippen LogP contribution is -2.20. The van der Waals surface area contributed by atoms with Gasteiger partial charge in [-0.15, -0.1) is 11.3 Å². The molecule has 0 bridgehead atoms. The molecule has 33 heavy (non-hydrogen) atoms. The average Bonchev–Trinajstić information content (AvgIpc) is 3.53. The zero-order chi connectivity index (χ0) is 22.9. The summed E-state index contributed by atoms with van der Waals surface area (Å²) in [5.41, 5.74) is 3.81. The molecule has 2 aromatic carbocycles. The van der Waals surface area contributed by atoms with E-state index >= 15 is 0 Å². The molecule has 5 rings (SSSR count). The minimum Gasteiger partial charge on any atom is -0.463 e. The molecule has 3 heterocycles. The molecule has 3 aromatic heterocycles. The van der Waals surface area contributed by atoms with Gasteiger partial charge in [-0.25, -0.2) is 9.67 Å². The average molecular weight is 477 g/mol. The van der Waals surface area contributed by atoms with Crippen LogP contribution < -0.4 is 10.4 Å². The van der Waals surface area contributed by atoms with Crippen LogP contribution in [0.4, 0.5) is 5.69 Å². The van der Waals surface area contributed by atoms with E-state index in [0.29, 0.717) is 22.1 Å². The fourth-order valence-corrected chi connectivity index (χ4v) is 4.77. The van der Waals surface area contributed by atoms with E-state index in [1.165, 1.54) is 11.3 Å². The minimum absolute atomic E-state index is 0.160. The minimum atomic E-state index is -0.160. The van der Waals surface area contributed by atoms with E-state index in [-0.39, 0.29) is 5.56 Å². The molecule has 0 spiro atoms. The fourth-order valence-electron chi connectivity index (χ4n) is 3.74. The van der Waals surface area contributed by atoms with Gasteiger partial charge in [0, 0.05) is 17.5 Å². The Bertz CT molecular complexity index is 1520. The largest absolute Gasteiger partial charge is 0.463 e. The standard InChI is InChI=1S/C25H21ClN4O2S/c1-17-23(24(31)30(28(17)2)20-7-4-3-5-8-20)27-25-29(15-18-10-12-19(26)13-11-18)21(16-33-25)22-9-6-14-32-22/h3-14,16H,15H2,1-2H3. The first-order valence-corrected chi connectivity index (χ1v) is 11.6. The Hall–Kier alpha value is -3.55. The quantitative estimate of drug-likeness (QED) is 0.334. The summed E-state index contributed by atoms with van der Waals surface area (Å²) in [4.78, 5) is 18.9. The van der Waals surface area contributed by atoms with Gasteiger partial charge < -0.3 is 8.98 Å². The lowest BCUT2D eigenvalue weighted by atomic mass is 10.2. The van der Waals surface area contributed by atoms with E-state index in [0.717, 1.165) is 28.4 Å². The highest BCUT2D eigenvalue weighted by molar-refractivity contribution is 7.07. The molecule has 0 radical (unpaired) electrons. The molecule has 0 saturated carbocycles. The normalized spacial score (nSPS) is 11.9. The Morgan fingerprint density at radius 1 is 1.03 bits per heavy atom. The van der Waals surface area contributed by atoms with E-state index in [1.807, 2.05) is 90.8 Å². The van der Waals surface area contributed by atoms with Crippen molar-refractivity contribution in [2.24, 2.45) is 12.0 Å². The summed E-state index contributed by atoms with van der Waals surface area (Å²) in [6, 6.07) is 21.0. The van der Waals surface area contributed by atoms with Gasteiger partial charge in [0.15, 0.2) is 16.2 Å². The zero-order valence-corrected chi connectivity index (χ0v) is 19.7. The number of hydrogen-bond donors (Lipinski definition) is 0. The van der Waals surface area contributed by atoms with Gasteiger partial charge in [-0.05, 0) is 48.9 Å². The van der Waals surface area contributed by atoms with Crippen molar-refractivity contribution >= 4 is 28.6 Å². The van der Waals surface area contributed by atoms with Gasteiger partial charge in [0.2, 0.25) is 0 Å². The maximum absolute atomic E-state index is 13.4. The zero-order valence-electron chi connectivity index (χ0n) is 18.1. The Morgan fingerprint density at radius 2 is 1.79 bits per heavy atom. The summed E-state index contributed by atoms with van der Waals surface area (Å²) in [6.07, 6.45) is 1.65. The second-order valence-electron chi connectivity index (χ2n) is 7.62. The van der Waals surface area contributed by atoms with Crippen molar-refractivity contribution in [2.75, 3.05) is 0 Å². The van der Waals surface area contributed by atoms with Crippen LogP contribution in [0, 0.1) is 6.92 Å². The number of thiazole rings is 1. The van der Waals surface area contributed by atoms with Crippen LogP contribution in [0.15, 0.2) is 92.6 Å². The van der Waals surface area contributed by atoms with E-state index in [1.54, 1.807) is 10.9 Å². The van der Waals surface area contributed by atoms with Crippen LogP contribution in [0.25, 0.3) is 17.1 Å². The van der Waals surface area contributed by atoms with Crippen LogP contribution >= 0.6 is 22.9 Å². The number of para-hydroxylation sites is 1. The molecule has 0 aliphatic heterocycles. The third-order valence-corrected chi connectivity index (χ3v) is 6.67. The van der Waals surface area contributed by atoms with Crippen molar-refractivity contribution in [1.82, 2.24) is 13.9 Å². The second kappa shape index (κ2) is 8.77. The molecule has 166 valence electrons. The topological polar surface area (TPSA) is 57.4 Å². The van der Waals surface area contributed by atoms with E-state index < -0.39 is 0 Å². The van der Waals surface area contributed by atoms with Crippen molar-refractivity contribution in [2.45, 2.75) is 13.5 Å². The van der Waals surface area contributed by atoms with E-state index in [4.69, 9.17) is 21.0 Å². The van der Waals surface area contributed by atoms with Crippen LogP contribution in [0.2, 0.25) is 5.02 Å². The predicted molar refractivity (Wildman–Crippen MR) is 132 cm³/mol. The number of furan rings is 1. The first-order valence-electron chi connectivity index (χ1n) is 10.4. The third-order valence-electron chi connectivity index (χ3n) is 5.56. The Morgan fingerprint density at radius 3 is 2.48 bits per heavy atom. The van der Waals surface area contributed by atoms with Crippen molar-refractivity contribution in [1.29, 1.82) is 0 Å². The monoisotopic (exact) mass is 476 g/mol. The van der Waals surface area contributed by atoms with Crippen LogP contribution in [-0.2, 0) is 13.6 Å². The molecule has 0 atom stereocenters. The number of halogens is 1. The Labute approximate surface area is 199 Å². The number of aromatic nitrogens is 3. The molecule has 0 N–H and O–H groups in total. The summed E-state index contributed by atoms with van der Waals surface area (Å²) >= 11 is 7.54. The van der Waals surface area contributed by atoms with Crippen LogP contribution in [0.5, 0.6) is 0 Å². The highest BCUT2D eigenvalue weighted by Crippen LogP contribution is 2.23. The van der Waals surface area contributed by atoms with Gasteiger partial charge in [0.25, 0.3) is 5.56 Å². The van der Waals surface area contributed by atoms with Crippen molar-refractivity contribution in [3.05, 3.63) is 110 Å².